The zero-order valence-electron chi connectivity index (χ0n) is 18.9. The number of benzene rings is 3. The summed E-state index contributed by atoms with van der Waals surface area (Å²) in [6.07, 6.45) is -3.70. The van der Waals surface area contributed by atoms with Gasteiger partial charge in [-0.15, -0.1) is 0 Å². The molecule has 5 nitrogen and oxygen atoms in total. The molecule has 0 radical (unpaired) electrons. The Morgan fingerprint density at radius 1 is 0.941 bits per heavy atom. The van der Waals surface area contributed by atoms with Crippen LogP contribution >= 0.6 is 0 Å². The number of alkyl halides is 3. The van der Waals surface area contributed by atoms with Crippen LogP contribution < -0.4 is 15.5 Å². The fourth-order valence-corrected chi connectivity index (χ4v) is 3.30. The predicted octanol–water partition coefficient (Wildman–Crippen LogP) is 6.04. The van der Waals surface area contributed by atoms with Crippen molar-refractivity contribution in [3.05, 3.63) is 95.1 Å². The van der Waals surface area contributed by atoms with Gasteiger partial charge < -0.3 is 10.6 Å². The SMILES string of the molecule is CCc1ccc(C(=O)NCCN(C(=O)Nc2ccc(C)cc2)c2cccc(C(F)(F)F)c2)cc1. The van der Waals surface area contributed by atoms with Crippen molar-refractivity contribution in [3.8, 4) is 0 Å². The first kappa shape index (κ1) is 24.8. The Balaban J connectivity index is 1.76. The lowest BCUT2D eigenvalue weighted by Crippen LogP contribution is -2.41. The van der Waals surface area contributed by atoms with Crippen LogP contribution in [0.2, 0.25) is 0 Å². The second-order valence-corrected chi connectivity index (χ2v) is 7.80. The van der Waals surface area contributed by atoms with Crippen LogP contribution in [-0.2, 0) is 12.6 Å². The molecule has 0 bridgehead atoms. The molecule has 0 aliphatic heterocycles. The number of anilines is 2. The average Bonchev–Trinajstić information content (AvgIpc) is 2.82. The number of nitrogens with zero attached hydrogens (tertiary/aromatic N) is 1. The van der Waals surface area contributed by atoms with E-state index in [2.05, 4.69) is 10.6 Å². The molecule has 0 aliphatic rings. The lowest BCUT2D eigenvalue weighted by atomic mass is 10.1. The van der Waals surface area contributed by atoms with Gasteiger partial charge in [0.2, 0.25) is 0 Å². The molecule has 0 heterocycles. The van der Waals surface area contributed by atoms with Crippen molar-refractivity contribution in [2.24, 2.45) is 0 Å². The lowest BCUT2D eigenvalue weighted by Gasteiger charge is -2.24. The van der Waals surface area contributed by atoms with Crippen molar-refractivity contribution in [2.45, 2.75) is 26.4 Å². The van der Waals surface area contributed by atoms with Gasteiger partial charge in [0.25, 0.3) is 5.91 Å². The number of aryl methyl sites for hydroxylation is 2. The smallest absolute Gasteiger partial charge is 0.350 e. The molecule has 3 amide bonds. The molecule has 0 spiro atoms. The second kappa shape index (κ2) is 10.9. The fourth-order valence-electron chi connectivity index (χ4n) is 3.30. The number of carbonyl (C=O) groups excluding carboxylic acids is 2. The molecule has 3 aromatic carbocycles. The maximum absolute atomic E-state index is 13.2. The summed E-state index contributed by atoms with van der Waals surface area (Å²) in [6, 6.07) is 18.1. The monoisotopic (exact) mass is 469 g/mol. The fraction of sp³-hybridized carbons (Fsp3) is 0.231. The van der Waals surface area contributed by atoms with E-state index in [4.69, 9.17) is 0 Å². The first-order valence-electron chi connectivity index (χ1n) is 10.9. The summed E-state index contributed by atoms with van der Waals surface area (Å²) in [5.41, 5.74) is 2.28. The largest absolute Gasteiger partial charge is 0.416 e. The highest BCUT2D eigenvalue weighted by atomic mass is 19.4. The Hall–Kier alpha value is -3.81. The van der Waals surface area contributed by atoms with Gasteiger partial charge in [-0.2, -0.15) is 13.2 Å². The molecule has 3 rings (SSSR count). The second-order valence-electron chi connectivity index (χ2n) is 7.80. The van der Waals surface area contributed by atoms with Gasteiger partial charge in [-0.25, -0.2) is 4.79 Å². The summed E-state index contributed by atoms with van der Waals surface area (Å²) in [7, 11) is 0. The molecule has 0 fully saturated rings. The van der Waals surface area contributed by atoms with E-state index in [-0.39, 0.29) is 24.7 Å². The number of urea groups is 1. The first-order chi connectivity index (χ1) is 16.2. The van der Waals surface area contributed by atoms with Crippen LogP contribution in [0.4, 0.5) is 29.3 Å². The minimum Gasteiger partial charge on any atom is -0.350 e. The number of hydrogen-bond acceptors (Lipinski definition) is 2. The summed E-state index contributed by atoms with van der Waals surface area (Å²) in [5.74, 6) is -0.328. The Kier molecular flexibility index (Phi) is 7.94. The third kappa shape index (κ3) is 6.60. The van der Waals surface area contributed by atoms with E-state index < -0.39 is 17.8 Å². The third-order valence-corrected chi connectivity index (χ3v) is 5.28. The van der Waals surface area contributed by atoms with Crippen LogP contribution in [0.3, 0.4) is 0 Å². The summed E-state index contributed by atoms with van der Waals surface area (Å²) in [5, 5.41) is 5.43. The Labute approximate surface area is 196 Å². The average molecular weight is 470 g/mol. The highest BCUT2D eigenvalue weighted by Gasteiger charge is 2.31. The number of nitrogens with one attached hydrogen (secondary N) is 2. The lowest BCUT2D eigenvalue weighted by molar-refractivity contribution is -0.137. The van der Waals surface area contributed by atoms with Crippen molar-refractivity contribution in [2.75, 3.05) is 23.3 Å². The molecular formula is C26H26F3N3O2. The van der Waals surface area contributed by atoms with Crippen molar-refractivity contribution >= 4 is 23.3 Å². The molecule has 0 saturated heterocycles. The van der Waals surface area contributed by atoms with Crippen molar-refractivity contribution in [1.29, 1.82) is 0 Å². The number of carbonyl (C=O) groups is 2. The third-order valence-electron chi connectivity index (χ3n) is 5.28. The van der Waals surface area contributed by atoms with E-state index in [1.54, 1.807) is 24.3 Å². The minimum absolute atomic E-state index is 0.0300. The molecule has 8 heteroatoms. The zero-order valence-corrected chi connectivity index (χ0v) is 18.9. The van der Waals surface area contributed by atoms with Crippen molar-refractivity contribution < 1.29 is 22.8 Å². The Morgan fingerprint density at radius 3 is 2.24 bits per heavy atom. The Bertz CT molecular complexity index is 1130. The highest BCUT2D eigenvalue weighted by Crippen LogP contribution is 2.31. The van der Waals surface area contributed by atoms with E-state index in [0.717, 1.165) is 29.7 Å². The molecule has 178 valence electrons. The summed E-state index contributed by atoms with van der Waals surface area (Å²) in [6.45, 7) is 3.93. The highest BCUT2D eigenvalue weighted by molar-refractivity contribution is 6.02. The molecule has 34 heavy (non-hydrogen) atoms. The first-order valence-corrected chi connectivity index (χ1v) is 10.9. The normalized spacial score (nSPS) is 11.1. The minimum atomic E-state index is -4.55. The number of amides is 3. The number of halogens is 3. The van der Waals surface area contributed by atoms with Gasteiger partial charge in [0.15, 0.2) is 0 Å². The molecular weight excluding hydrogens is 443 g/mol. The van der Waals surface area contributed by atoms with Gasteiger partial charge in [-0.1, -0.05) is 42.8 Å². The summed E-state index contributed by atoms with van der Waals surface area (Å²) >= 11 is 0. The van der Waals surface area contributed by atoms with Gasteiger partial charge in [0.1, 0.15) is 0 Å². The molecule has 0 unspecified atom stereocenters. The maximum Gasteiger partial charge on any atom is 0.416 e. The maximum atomic E-state index is 13.2. The molecule has 2 N–H and O–H groups in total. The summed E-state index contributed by atoms with van der Waals surface area (Å²) in [4.78, 5) is 26.6. The van der Waals surface area contributed by atoms with Crippen LogP contribution in [0.5, 0.6) is 0 Å². The van der Waals surface area contributed by atoms with Gasteiger partial charge >= 0.3 is 12.2 Å². The van der Waals surface area contributed by atoms with E-state index in [1.807, 2.05) is 38.1 Å². The van der Waals surface area contributed by atoms with Gasteiger partial charge in [-0.05, 0) is 61.4 Å². The Morgan fingerprint density at radius 2 is 1.62 bits per heavy atom. The molecule has 0 aromatic heterocycles. The number of rotatable bonds is 7. The van der Waals surface area contributed by atoms with Crippen molar-refractivity contribution in [3.63, 3.8) is 0 Å². The molecule has 0 atom stereocenters. The quantitative estimate of drug-likeness (QED) is 0.443. The molecule has 0 saturated carbocycles. The topological polar surface area (TPSA) is 61.4 Å². The molecule has 0 aliphatic carbocycles. The van der Waals surface area contributed by atoms with E-state index in [9.17, 15) is 22.8 Å². The summed E-state index contributed by atoms with van der Waals surface area (Å²) < 4.78 is 39.7. The van der Waals surface area contributed by atoms with Crippen LogP contribution in [0, 0.1) is 6.92 Å². The van der Waals surface area contributed by atoms with Gasteiger partial charge in [-0.3, -0.25) is 9.69 Å². The van der Waals surface area contributed by atoms with Gasteiger partial charge in [0.05, 0.1) is 5.56 Å². The molecule has 3 aromatic rings. The zero-order chi connectivity index (χ0) is 24.7. The van der Waals surface area contributed by atoms with E-state index in [1.165, 1.54) is 17.0 Å². The van der Waals surface area contributed by atoms with E-state index >= 15 is 0 Å². The van der Waals surface area contributed by atoms with E-state index in [0.29, 0.717) is 11.3 Å². The van der Waals surface area contributed by atoms with Crippen LogP contribution in [0.15, 0.2) is 72.8 Å². The van der Waals surface area contributed by atoms with Crippen LogP contribution in [0.1, 0.15) is 34.0 Å². The van der Waals surface area contributed by atoms with Crippen LogP contribution in [0.25, 0.3) is 0 Å². The van der Waals surface area contributed by atoms with Crippen LogP contribution in [-0.4, -0.2) is 25.0 Å². The predicted molar refractivity (Wildman–Crippen MR) is 127 cm³/mol. The van der Waals surface area contributed by atoms with Gasteiger partial charge in [0, 0.05) is 30.0 Å². The van der Waals surface area contributed by atoms with Crippen molar-refractivity contribution in [1.82, 2.24) is 5.32 Å². The number of hydrogen-bond donors (Lipinski definition) is 2. The standard InChI is InChI=1S/C26H26F3N3O2/c1-3-19-9-11-20(12-10-19)24(33)30-15-16-32(23-6-4-5-21(17-23)26(27,28)29)25(34)31-22-13-7-18(2)8-14-22/h4-14,17H,3,15-16H2,1-2H3,(H,30,33)(H,31,34).